The molecular formula is C42H36N6. The van der Waals surface area contributed by atoms with E-state index >= 15 is 0 Å². The molecule has 0 aliphatic rings. The van der Waals surface area contributed by atoms with Gasteiger partial charge >= 0.3 is 0 Å². The van der Waals surface area contributed by atoms with Crippen LogP contribution in [0.3, 0.4) is 0 Å². The van der Waals surface area contributed by atoms with Crippen LogP contribution in [0.25, 0.3) is 66.4 Å². The van der Waals surface area contributed by atoms with Crippen LogP contribution in [0.15, 0.2) is 109 Å². The van der Waals surface area contributed by atoms with Crippen molar-refractivity contribution in [1.29, 1.82) is 5.26 Å². The molecule has 0 aliphatic carbocycles. The molecule has 234 valence electrons. The van der Waals surface area contributed by atoms with Gasteiger partial charge in [0.25, 0.3) is 0 Å². The van der Waals surface area contributed by atoms with Crippen LogP contribution in [0, 0.1) is 11.3 Å². The Kier molecular flexibility index (Phi) is 6.54. The molecule has 8 rings (SSSR count). The van der Waals surface area contributed by atoms with Crippen molar-refractivity contribution < 1.29 is 0 Å². The van der Waals surface area contributed by atoms with Crippen LogP contribution >= 0.6 is 0 Å². The van der Waals surface area contributed by atoms with E-state index in [-0.39, 0.29) is 10.8 Å². The van der Waals surface area contributed by atoms with Gasteiger partial charge in [-0.25, -0.2) is 15.0 Å². The molecule has 0 radical (unpaired) electrons. The van der Waals surface area contributed by atoms with Crippen molar-refractivity contribution in [2.75, 3.05) is 0 Å². The molecule has 6 heteroatoms. The van der Waals surface area contributed by atoms with Crippen LogP contribution in [-0.2, 0) is 10.8 Å². The summed E-state index contributed by atoms with van der Waals surface area (Å²) < 4.78 is 4.61. The number of aromatic nitrogens is 5. The number of fused-ring (bicyclic) bond motifs is 7. The molecule has 0 bridgehead atoms. The van der Waals surface area contributed by atoms with Crippen molar-refractivity contribution in [3.05, 3.63) is 126 Å². The zero-order valence-electron chi connectivity index (χ0n) is 28.1. The second-order valence-corrected chi connectivity index (χ2v) is 14.5. The zero-order chi connectivity index (χ0) is 33.4. The maximum Gasteiger partial charge on any atom is 0.163 e. The quantitative estimate of drug-likeness (QED) is 0.196. The van der Waals surface area contributed by atoms with Crippen molar-refractivity contribution in [2.24, 2.45) is 0 Å². The molecule has 48 heavy (non-hydrogen) atoms. The normalized spacial score (nSPS) is 12.4. The van der Waals surface area contributed by atoms with Gasteiger partial charge < -0.3 is 9.13 Å². The average Bonchev–Trinajstić information content (AvgIpc) is 3.60. The summed E-state index contributed by atoms with van der Waals surface area (Å²) in [6.45, 7) is 12.7. The Bertz CT molecular complexity index is 2550. The van der Waals surface area contributed by atoms with Gasteiger partial charge in [-0.15, -0.1) is 0 Å². The van der Waals surface area contributed by atoms with Crippen LogP contribution in [0.1, 0.15) is 58.8 Å². The highest BCUT2D eigenvalue weighted by Gasteiger charge is 2.26. The Balaban J connectivity index is 1.47. The number of benzene rings is 5. The summed E-state index contributed by atoms with van der Waals surface area (Å²) in [7, 11) is 0. The largest absolute Gasteiger partial charge is 0.309 e. The Hall–Kier alpha value is -5.80. The van der Waals surface area contributed by atoms with Gasteiger partial charge in [-0.1, -0.05) is 102 Å². The highest BCUT2D eigenvalue weighted by atomic mass is 15.1. The maximum atomic E-state index is 10.5. The van der Waals surface area contributed by atoms with Crippen molar-refractivity contribution in [3.63, 3.8) is 0 Å². The summed E-state index contributed by atoms with van der Waals surface area (Å²) in [6.07, 6.45) is 0. The van der Waals surface area contributed by atoms with E-state index in [1.54, 1.807) is 0 Å². The molecule has 0 atom stereocenters. The molecule has 0 saturated carbocycles. The van der Waals surface area contributed by atoms with Crippen molar-refractivity contribution >= 4 is 43.6 Å². The predicted molar refractivity (Wildman–Crippen MR) is 196 cm³/mol. The lowest BCUT2D eigenvalue weighted by Gasteiger charge is -2.23. The Morgan fingerprint density at radius 1 is 0.562 bits per heavy atom. The molecule has 6 nitrogen and oxygen atoms in total. The molecule has 0 fully saturated rings. The summed E-state index contributed by atoms with van der Waals surface area (Å²) in [5, 5.41) is 15.1. The Labute approximate surface area is 280 Å². The first-order valence-corrected chi connectivity index (χ1v) is 16.4. The van der Waals surface area contributed by atoms with Crippen LogP contribution in [0.2, 0.25) is 0 Å². The summed E-state index contributed by atoms with van der Waals surface area (Å²) >= 11 is 0. The van der Waals surface area contributed by atoms with Gasteiger partial charge in [0, 0.05) is 43.6 Å². The van der Waals surface area contributed by atoms with E-state index in [0.717, 1.165) is 61.4 Å². The van der Waals surface area contributed by atoms with Gasteiger partial charge in [0.1, 0.15) is 17.7 Å². The monoisotopic (exact) mass is 624 g/mol. The molecule has 3 heterocycles. The molecule has 5 aromatic carbocycles. The summed E-state index contributed by atoms with van der Waals surface area (Å²) in [5.74, 6) is 2.10. The molecule has 0 N–H and O–H groups in total. The number of hydrogen-bond donors (Lipinski definition) is 0. The fraction of sp³-hybridized carbons (Fsp3) is 0.190. The fourth-order valence-electron chi connectivity index (χ4n) is 6.74. The van der Waals surface area contributed by atoms with E-state index in [2.05, 4.69) is 154 Å². The number of nitrogens with zero attached hydrogens (tertiary/aromatic N) is 6. The predicted octanol–water partition coefficient (Wildman–Crippen LogP) is 10.2. The minimum absolute atomic E-state index is 0.261. The molecule has 0 spiro atoms. The molecule has 3 aromatic heterocycles. The number of nitriles is 1. The van der Waals surface area contributed by atoms with Crippen LogP contribution in [0.5, 0.6) is 0 Å². The van der Waals surface area contributed by atoms with E-state index in [1.165, 1.54) is 10.8 Å². The first-order chi connectivity index (χ1) is 23.0. The van der Waals surface area contributed by atoms with E-state index < -0.39 is 0 Å². The third kappa shape index (κ3) is 4.57. The number of para-hydroxylation sites is 3. The maximum absolute atomic E-state index is 10.5. The lowest BCUT2D eigenvalue weighted by molar-refractivity contribution is 0.497. The Morgan fingerprint density at radius 2 is 1.17 bits per heavy atom. The van der Waals surface area contributed by atoms with Gasteiger partial charge in [-0.3, -0.25) is 0 Å². The molecule has 0 aliphatic heterocycles. The Morgan fingerprint density at radius 3 is 1.81 bits per heavy atom. The summed E-state index contributed by atoms with van der Waals surface area (Å²) in [4.78, 5) is 14.9. The van der Waals surface area contributed by atoms with Gasteiger partial charge in [0.05, 0.1) is 33.3 Å². The van der Waals surface area contributed by atoms with Crippen molar-refractivity contribution in [3.8, 4) is 28.8 Å². The van der Waals surface area contributed by atoms with Crippen LogP contribution in [0.4, 0.5) is 0 Å². The van der Waals surface area contributed by atoms with Crippen molar-refractivity contribution in [2.45, 2.75) is 52.4 Å². The van der Waals surface area contributed by atoms with E-state index in [4.69, 9.17) is 15.0 Å². The number of rotatable bonds is 3. The molecular weight excluding hydrogens is 589 g/mol. The first-order valence-electron chi connectivity index (χ1n) is 16.4. The van der Waals surface area contributed by atoms with E-state index in [1.807, 2.05) is 12.1 Å². The highest BCUT2D eigenvalue weighted by molar-refractivity contribution is 6.26. The zero-order valence-corrected chi connectivity index (χ0v) is 28.1. The van der Waals surface area contributed by atoms with Crippen LogP contribution < -0.4 is 0 Å². The highest BCUT2D eigenvalue weighted by Crippen LogP contribution is 2.42. The lowest BCUT2D eigenvalue weighted by atomic mass is 9.93. The minimum Gasteiger partial charge on any atom is -0.309 e. The lowest BCUT2D eigenvalue weighted by Crippen LogP contribution is -2.24. The third-order valence-corrected chi connectivity index (χ3v) is 9.08. The molecule has 0 unspecified atom stereocenters. The smallest absolute Gasteiger partial charge is 0.163 e. The minimum atomic E-state index is -0.261. The molecule has 0 amide bonds. The van der Waals surface area contributed by atoms with Gasteiger partial charge in [0.2, 0.25) is 0 Å². The van der Waals surface area contributed by atoms with Crippen molar-refractivity contribution in [1.82, 2.24) is 24.1 Å². The van der Waals surface area contributed by atoms with E-state index in [9.17, 15) is 5.26 Å². The SMILES string of the molecule is CC(C)(C)c1nc(-c2ccc(C#N)c(-n3c4ccccc4c4c3ccc3c5ccccc5n(-c5ccccc5)c34)c2)nc(C(C)(C)C)n1. The van der Waals surface area contributed by atoms with Crippen LogP contribution in [-0.4, -0.2) is 24.1 Å². The summed E-state index contributed by atoms with van der Waals surface area (Å²) in [6, 6.07) is 40.4. The van der Waals surface area contributed by atoms with Gasteiger partial charge in [-0.2, -0.15) is 5.26 Å². The van der Waals surface area contributed by atoms with Gasteiger partial charge in [-0.05, 0) is 48.5 Å². The fourth-order valence-corrected chi connectivity index (χ4v) is 6.74. The molecule has 0 saturated heterocycles. The van der Waals surface area contributed by atoms with Gasteiger partial charge in [0.15, 0.2) is 5.82 Å². The third-order valence-electron chi connectivity index (χ3n) is 9.08. The van der Waals surface area contributed by atoms with E-state index in [0.29, 0.717) is 11.4 Å². The number of hydrogen-bond acceptors (Lipinski definition) is 4. The standard InChI is InChI=1S/C42H36N6/c1-41(2,3)39-44-38(45-40(46-39)42(4,5)6)26-20-21-27(25-43)35(24-26)48-33-19-13-11-17-31(33)36-34(48)23-22-30-29-16-10-12-18-32(29)47(37(30)36)28-14-8-7-9-15-28/h7-24H,1-6H3. The summed E-state index contributed by atoms with van der Waals surface area (Å²) in [5.41, 5.74) is 7.14. The second kappa shape index (κ2) is 10.6. The average molecular weight is 625 g/mol. The topological polar surface area (TPSA) is 72.3 Å². The molecule has 8 aromatic rings. The second-order valence-electron chi connectivity index (χ2n) is 14.5. The first kappa shape index (κ1) is 29.6.